The minimum Gasteiger partial charge on any atom is -0.441 e. The summed E-state index contributed by atoms with van der Waals surface area (Å²) in [5.41, 5.74) is 0.788. The van der Waals surface area contributed by atoms with E-state index in [2.05, 4.69) is 11.9 Å². The van der Waals surface area contributed by atoms with Crippen LogP contribution in [0.5, 0.6) is 0 Å². The molecule has 0 spiro atoms. The molecule has 1 aromatic heterocycles. The van der Waals surface area contributed by atoms with Gasteiger partial charge in [-0.25, -0.2) is 13.4 Å². The highest BCUT2D eigenvalue weighted by Gasteiger charge is 2.11. The van der Waals surface area contributed by atoms with E-state index in [0.717, 1.165) is 24.3 Å². The SMILES string of the molecule is CCCCCCCCc1ncc(-c2ccc(S(=O)(=O)Cl)cc2)o1. The Labute approximate surface area is 142 Å². The predicted molar refractivity (Wildman–Crippen MR) is 92.1 cm³/mol. The lowest BCUT2D eigenvalue weighted by Crippen LogP contribution is -1.89. The summed E-state index contributed by atoms with van der Waals surface area (Å²) in [5.74, 6) is 1.37. The standard InChI is InChI=1S/C17H22ClNO3S/c1-2-3-4-5-6-7-8-17-19-13-16(22-17)14-9-11-15(12-10-14)23(18,20)21/h9-13H,2-8H2,1H3. The molecule has 0 fully saturated rings. The van der Waals surface area contributed by atoms with E-state index >= 15 is 0 Å². The lowest BCUT2D eigenvalue weighted by molar-refractivity contribution is 0.487. The number of hydrogen-bond donors (Lipinski definition) is 0. The Bertz CT molecular complexity index is 708. The van der Waals surface area contributed by atoms with Crippen molar-refractivity contribution in [2.45, 2.75) is 56.8 Å². The highest BCUT2D eigenvalue weighted by molar-refractivity contribution is 8.13. The van der Waals surface area contributed by atoms with Crippen LogP contribution < -0.4 is 0 Å². The summed E-state index contributed by atoms with van der Waals surface area (Å²) in [7, 11) is 1.61. The maximum Gasteiger partial charge on any atom is 0.261 e. The molecule has 0 saturated carbocycles. The minimum absolute atomic E-state index is 0.0785. The molecule has 0 unspecified atom stereocenters. The smallest absolute Gasteiger partial charge is 0.261 e. The zero-order valence-electron chi connectivity index (χ0n) is 13.3. The first kappa shape index (κ1) is 18.0. The number of oxazole rings is 1. The fourth-order valence-electron chi connectivity index (χ4n) is 2.40. The highest BCUT2D eigenvalue weighted by Crippen LogP contribution is 2.24. The van der Waals surface area contributed by atoms with Crippen LogP contribution >= 0.6 is 10.7 Å². The fourth-order valence-corrected chi connectivity index (χ4v) is 3.17. The molecule has 1 heterocycles. The molecule has 0 aliphatic rings. The molecule has 0 N–H and O–H groups in total. The van der Waals surface area contributed by atoms with Gasteiger partial charge in [-0.2, -0.15) is 0 Å². The van der Waals surface area contributed by atoms with Gasteiger partial charge in [0.2, 0.25) is 0 Å². The number of hydrogen-bond acceptors (Lipinski definition) is 4. The van der Waals surface area contributed by atoms with Crippen LogP contribution in [0.3, 0.4) is 0 Å². The molecule has 0 aliphatic heterocycles. The van der Waals surface area contributed by atoms with Gasteiger partial charge < -0.3 is 4.42 Å². The van der Waals surface area contributed by atoms with E-state index in [0.29, 0.717) is 5.76 Å². The zero-order valence-corrected chi connectivity index (χ0v) is 14.9. The third-order valence-corrected chi connectivity index (χ3v) is 5.09. The summed E-state index contributed by atoms with van der Waals surface area (Å²) in [5, 5.41) is 0. The first-order chi connectivity index (χ1) is 11.0. The molecule has 0 radical (unpaired) electrons. The second kappa shape index (κ2) is 8.50. The average molecular weight is 356 g/mol. The third-order valence-electron chi connectivity index (χ3n) is 3.72. The van der Waals surface area contributed by atoms with Crippen molar-refractivity contribution in [1.82, 2.24) is 4.98 Å². The Kier molecular flexibility index (Phi) is 6.66. The normalized spacial score (nSPS) is 11.7. The van der Waals surface area contributed by atoms with Crippen molar-refractivity contribution in [3.8, 4) is 11.3 Å². The molecule has 4 nitrogen and oxygen atoms in total. The van der Waals surface area contributed by atoms with E-state index in [1.807, 2.05) is 0 Å². The Morgan fingerprint density at radius 1 is 1.04 bits per heavy atom. The maximum absolute atomic E-state index is 11.2. The number of unbranched alkanes of at least 4 members (excludes halogenated alkanes) is 5. The van der Waals surface area contributed by atoms with Gasteiger partial charge in [0.15, 0.2) is 11.7 Å². The molecule has 0 bridgehead atoms. The average Bonchev–Trinajstić information content (AvgIpc) is 2.99. The summed E-state index contributed by atoms with van der Waals surface area (Å²) in [6.45, 7) is 2.21. The van der Waals surface area contributed by atoms with Crippen molar-refractivity contribution in [2.75, 3.05) is 0 Å². The van der Waals surface area contributed by atoms with Crippen molar-refractivity contribution in [3.63, 3.8) is 0 Å². The van der Waals surface area contributed by atoms with Gasteiger partial charge in [0.1, 0.15) is 0 Å². The van der Waals surface area contributed by atoms with E-state index in [1.54, 1.807) is 18.3 Å². The molecule has 6 heteroatoms. The second-order valence-corrected chi connectivity index (χ2v) is 8.16. The molecule has 1 aromatic carbocycles. The number of rotatable bonds is 9. The summed E-state index contributed by atoms with van der Waals surface area (Å²) in [4.78, 5) is 4.37. The molecule has 23 heavy (non-hydrogen) atoms. The van der Waals surface area contributed by atoms with E-state index < -0.39 is 9.05 Å². The quantitative estimate of drug-likeness (QED) is 0.459. The lowest BCUT2D eigenvalue weighted by Gasteiger charge is -2.00. The van der Waals surface area contributed by atoms with Crippen LogP contribution in [-0.2, 0) is 15.5 Å². The lowest BCUT2D eigenvalue weighted by atomic mass is 10.1. The third kappa shape index (κ3) is 5.66. The summed E-state index contributed by atoms with van der Waals surface area (Å²) in [6.07, 6.45) is 9.90. The summed E-state index contributed by atoms with van der Waals surface area (Å²) in [6, 6.07) is 6.27. The van der Waals surface area contributed by atoms with Gasteiger partial charge in [0, 0.05) is 22.7 Å². The zero-order chi connectivity index (χ0) is 16.7. The second-order valence-electron chi connectivity index (χ2n) is 5.60. The van der Waals surface area contributed by atoms with Gasteiger partial charge in [0.05, 0.1) is 11.1 Å². The van der Waals surface area contributed by atoms with Crippen LogP contribution in [0.4, 0.5) is 0 Å². The van der Waals surface area contributed by atoms with Crippen LogP contribution in [0.2, 0.25) is 0 Å². The van der Waals surface area contributed by atoms with Crippen molar-refractivity contribution < 1.29 is 12.8 Å². The largest absolute Gasteiger partial charge is 0.441 e. The molecule has 2 aromatic rings. The fraction of sp³-hybridized carbons (Fsp3) is 0.471. The summed E-state index contributed by atoms with van der Waals surface area (Å²) < 4.78 is 28.2. The Morgan fingerprint density at radius 2 is 1.70 bits per heavy atom. The monoisotopic (exact) mass is 355 g/mol. The molecule has 0 atom stereocenters. The van der Waals surface area contributed by atoms with Crippen LogP contribution in [-0.4, -0.2) is 13.4 Å². The van der Waals surface area contributed by atoms with Crippen molar-refractivity contribution in [2.24, 2.45) is 0 Å². The van der Waals surface area contributed by atoms with Gasteiger partial charge in [-0.3, -0.25) is 0 Å². The number of halogens is 1. The van der Waals surface area contributed by atoms with Crippen molar-refractivity contribution >= 4 is 19.7 Å². The van der Waals surface area contributed by atoms with Gasteiger partial charge in [-0.15, -0.1) is 0 Å². The van der Waals surface area contributed by atoms with Crippen LogP contribution in [0.1, 0.15) is 51.3 Å². The van der Waals surface area contributed by atoms with E-state index in [1.165, 1.54) is 44.2 Å². The van der Waals surface area contributed by atoms with Crippen LogP contribution in [0, 0.1) is 0 Å². The van der Waals surface area contributed by atoms with Gasteiger partial charge in [0.25, 0.3) is 9.05 Å². The number of benzene rings is 1. The molecule has 0 saturated heterocycles. The molecule has 2 rings (SSSR count). The Hall–Kier alpha value is -1.33. The Balaban J connectivity index is 1.89. The first-order valence-electron chi connectivity index (χ1n) is 8.00. The highest BCUT2D eigenvalue weighted by atomic mass is 35.7. The van der Waals surface area contributed by atoms with Gasteiger partial charge >= 0.3 is 0 Å². The number of nitrogens with zero attached hydrogens (tertiary/aromatic N) is 1. The first-order valence-corrected chi connectivity index (χ1v) is 10.3. The molecule has 0 aliphatic carbocycles. The van der Waals surface area contributed by atoms with Crippen molar-refractivity contribution in [3.05, 3.63) is 36.4 Å². The van der Waals surface area contributed by atoms with E-state index in [-0.39, 0.29) is 4.90 Å². The van der Waals surface area contributed by atoms with E-state index in [4.69, 9.17) is 15.1 Å². The van der Waals surface area contributed by atoms with Gasteiger partial charge in [-0.1, -0.05) is 39.0 Å². The van der Waals surface area contributed by atoms with Gasteiger partial charge in [-0.05, 0) is 30.7 Å². The molecule has 0 amide bonds. The molecular formula is C17H22ClNO3S. The van der Waals surface area contributed by atoms with Crippen LogP contribution in [0.25, 0.3) is 11.3 Å². The minimum atomic E-state index is -3.69. The summed E-state index contributed by atoms with van der Waals surface area (Å²) >= 11 is 0. The molecule has 126 valence electrons. The maximum atomic E-state index is 11.2. The van der Waals surface area contributed by atoms with E-state index in [9.17, 15) is 8.42 Å². The number of aromatic nitrogens is 1. The van der Waals surface area contributed by atoms with Crippen molar-refractivity contribution in [1.29, 1.82) is 0 Å². The Morgan fingerprint density at radius 3 is 2.35 bits per heavy atom. The number of aryl methyl sites for hydroxylation is 1. The molecular weight excluding hydrogens is 334 g/mol. The van der Waals surface area contributed by atoms with Crippen LogP contribution in [0.15, 0.2) is 39.8 Å². The predicted octanol–water partition coefficient (Wildman–Crippen LogP) is 5.17. The topological polar surface area (TPSA) is 60.2 Å².